The lowest BCUT2D eigenvalue weighted by Gasteiger charge is -2.17. The first-order chi connectivity index (χ1) is 10.6. The van der Waals surface area contributed by atoms with E-state index in [4.69, 9.17) is 5.73 Å². The molecule has 1 aromatic heterocycles. The van der Waals surface area contributed by atoms with Crippen LogP contribution in [0.3, 0.4) is 0 Å². The summed E-state index contributed by atoms with van der Waals surface area (Å²) in [5.41, 5.74) is 8.65. The Morgan fingerprint density at radius 1 is 1.09 bits per heavy atom. The van der Waals surface area contributed by atoms with Gasteiger partial charge >= 0.3 is 11.9 Å². The molecule has 0 radical (unpaired) electrons. The highest BCUT2D eigenvalue weighted by Crippen LogP contribution is 2.27. The summed E-state index contributed by atoms with van der Waals surface area (Å²) >= 11 is 0. The van der Waals surface area contributed by atoms with Gasteiger partial charge in [0.05, 0.1) is 0 Å². The van der Waals surface area contributed by atoms with Crippen molar-refractivity contribution in [3.05, 3.63) is 48.0 Å². The van der Waals surface area contributed by atoms with Crippen molar-refractivity contribution in [2.75, 3.05) is 5.32 Å². The highest BCUT2D eigenvalue weighted by atomic mass is 16.3. The van der Waals surface area contributed by atoms with E-state index >= 15 is 0 Å². The van der Waals surface area contributed by atoms with Crippen LogP contribution < -0.4 is 20.6 Å². The quantitative estimate of drug-likeness (QED) is 0.262. The van der Waals surface area contributed by atoms with Crippen molar-refractivity contribution in [1.29, 1.82) is 0 Å². The third kappa shape index (κ3) is 1.76. The first kappa shape index (κ1) is 12.5. The van der Waals surface area contributed by atoms with Gasteiger partial charge in [-0.3, -0.25) is 5.73 Å². The molecule has 7 nitrogen and oxygen atoms in total. The maximum absolute atomic E-state index is 9.76. The van der Waals surface area contributed by atoms with Gasteiger partial charge in [0.2, 0.25) is 6.17 Å². The van der Waals surface area contributed by atoms with Crippen LogP contribution in [0.5, 0.6) is 11.5 Å². The van der Waals surface area contributed by atoms with Gasteiger partial charge in [0.1, 0.15) is 11.0 Å². The molecule has 22 heavy (non-hydrogen) atoms. The van der Waals surface area contributed by atoms with Gasteiger partial charge in [-0.25, -0.2) is 9.98 Å². The fourth-order valence-corrected chi connectivity index (χ4v) is 2.78. The van der Waals surface area contributed by atoms with E-state index in [0.717, 1.165) is 22.5 Å². The lowest BCUT2D eigenvalue weighted by molar-refractivity contribution is -0.840. The van der Waals surface area contributed by atoms with Crippen molar-refractivity contribution in [1.82, 2.24) is 4.98 Å². The molecule has 1 aliphatic heterocycles. The van der Waals surface area contributed by atoms with E-state index in [1.54, 1.807) is 6.07 Å². The predicted molar refractivity (Wildman–Crippen MR) is 80.2 cm³/mol. The zero-order valence-electron chi connectivity index (χ0n) is 11.5. The number of nitrogens with one attached hydrogen (secondary N) is 3. The second kappa shape index (κ2) is 4.39. The largest absolute Gasteiger partial charge is 0.504 e. The van der Waals surface area contributed by atoms with Crippen LogP contribution in [-0.2, 0) is 0 Å². The number of anilines is 1. The van der Waals surface area contributed by atoms with Gasteiger partial charge in [0.25, 0.3) is 0 Å². The highest BCUT2D eigenvalue weighted by Gasteiger charge is 2.32. The van der Waals surface area contributed by atoms with Gasteiger partial charge in [0, 0.05) is 5.56 Å². The summed E-state index contributed by atoms with van der Waals surface area (Å²) in [4.78, 5) is 6.42. The van der Waals surface area contributed by atoms with Crippen LogP contribution in [-0.4, -0.2) is 21.2 Å². The number of aromatic amines is 1. The number of phenols is 2. The number of aromatic hydroxyl groups is 2. The summed E-state index contributed by atoms with van der Waals surface area (Å²) < 4.78 is 2.01. The standard InChI is InChI=1S/C15H13N5O2/c16-14-18-13(8-5-6-11(21)12(22)7-8)20-10-4-2-1-3-9(10)17-15(20)19-14/h1-7,13H,(H5,16,17,18,19,21,22)/p+2/t13-/m1/s1. The molecule has 0 bridgehead atoms. The lowest BCUT2D eigenvalue weighted by Crippen LogP contribution is -2.88. The second-order valence-electron chi connectivity index (χ2n) is 5.19. The molecule has 3 aromatic rings. The highest BCUT2D eigenvalue weighted by molar-refractivity contribution is 5.87. The second-order valence-corrected chi connectivity index (χ2v) is 5.19. The van der Waals surface area contributed by atoms with Gasteiger partial charge in [-0.15, -0.1) is 0 Å². The summed E-state index contributed by atoms with van der Waals surface area (Å²) in [5.74, 6) is 0.830. The Morgan fingerprint density at radius 3 is 2.73 bits per heavy atom. The number of imidazole rings is 1. The number of hydrogen-bond donors (Lipinski definition) is 6. The van der Waals surface area contributed by atoms with E-state index in [-0.39, 0.29) is 17.7 Å². The van der Waals surface area contributed by atoms with Crippen LogP contribution in [0.1, 0.15) is 11.7 Å². The normalized spacial score (nSPS) is 16.9. The van der Waals surface area contributed by atoms with Crippen LogP contribution >= 0.6 is 0 Å². The average Bonchev–Trinajstić information content (AvgIpc) is 2.87. The Morgan fingerprint density at radius 2 is 1.91 bits per heavy atom. The fraction of sp³-hybridized carbons (Fsp3) is 0.0667. The molecule has 2 heterocycles. The maximum atomic E-state index is 9.76. The molecule has 0 aliphatic carbocycles. The number of nitrogens with zero attached hydrogens (tertiary/aromatic N) is 1. The van der Waals surface area contributed by atoms with E-state index in [1.807, 2.05) is 28.8 Å². The molecule has 110 valence electrons. The number of benzene rings is 2. The topological polar surface area (TPSA) is 112 Å². The molecule has 4 rings (SSSR count). The molecule has 0 unspecified atom stereocenters. The first-order valence-electron chi connectivity index (χ1n) is 6.83. The molecule has 0 amide bonds. The van der Waals surface area contributed by atoms with Crippen molar-refractivity contribution in [2.24, 2.45) is 5.73 Å². The third-order valence-electron chi connectivity index (χ3n) is 3.78. The van der Waals surface area contributed by atoms with Crippen molar-refractivity contribution in [3.8, 4) is 11.5 Å². The average molecular weight is 297 g/mol. The van der Waals surface area contributed by atoms with Crippen LogP contribution in [0.25, 0.3) is 11.0 Å². The fourth-order valence-electron chi connectivity index (χ4n) is 2.78. The summed E-state index contributed by atoms with van der Waals surface area (Å²) in [5, 5.41) is 22.3. The molecular formula is C15H15N5O2+2. The molecule has 2 aromatic carbocycles. The summed E-state index contributed by atoms with van der Waals surface area (Å²) in [6.45, 7) is 0. The SMILES string of the molecule is NC1=[NH+][C@@H](c2ccc(O)c(O)c2)[n+]2c([nH]c3ccccc32)N1. The summed E-state index contributed by atoms with van der Waals surface area (Å²) in [7, 11) is 0. The molecule has 0 saturated heterocycles. The van der Waals surface area contributed by atoms with Gasteiger partial charge in [-0.05, 0) is 30.3 Å². The minimum Gasteiger partial charge on any atom is -0.504 e. The van der Waals surface area contributed by atoms with Crippen molar-refractivity contribution < 1.29 is 19.8 Å². The van der Waals surface area contributed by atoms with E-state index in [2.05, 4.69) is 15.3 Å². The van der Waals surface area contributed by atoms with Crippen molar-refractivity contribution >= 4 is 22.9 Å². The Labute approximate surface area is 125 Å². The zero-order valence-corrected chi connectivity index (χ0v) is 11.5. The Balaban J connectivity index is 1.96. The molecule has 1 atom stereocenters. The van der Waals surface area contributed by atoms with Gasteiger partial charge in [-0.2, -0.15) is 9.88 Å². The smallest absolute Gasteiger partial charge is 0.368 e. The minimum atomic E-state index is -0.307. The molecule has 7 heteroatoms. The summed E-state index contributed by atoms with van der Waals surface area (Å²) in [6.07, 6.45) is -0.307. The van der Waals surface area contributed by atoms with Gasteiger partial charge < -0.3 is 10.2 Å². The maximum Gasteiger partial charge on any atom is 0.368 e. The van der Waals surface area contributed by atoms with Crippen LogP contribution in [0, 0.1) is 0 Å². The van der Waals surface area contributed by atoms with Gasteiger partial charge in [-0.1, -0.05) is 12.1 Å². The van der Waals surface area contributed by atoms with Crippen molar-refractivity contribution in [3.63, 3.8) is 0 Å². The monoisotopic (exact) mass is 297 g/mol. The number of para-hydroxylation sites is 2. The third-order valence-corrected chi connectivity index (χ3v) is 3.78. The number of nitrogens with two attached hydrogens (primary N) is 1. The molecule has 0 saturated carbocycles. The Bertz CT molecular complexity index is 915. The lowest BCUT2D eigenvalue weighted by atomic mass is 10.1. The number of hydrogen-bond acceptors (Lipinski definition) is 4. The van der Waals surface area contributed by atoms with Crippen LogP contribution in [0.2, 0.25) is 0 Å². The minimum absolute atomic E-state index is 0.154. The predicted octanol–water partition coefficient (Wildman–Crippen LogP) is -0.766. The Kier molecular flexibility index (Phi) is 2.50. The number of aromatic nitrogens is 2. The van der Waals surface area contributed by atoms with E-state index in [1.165, 1.54) is 12.1 Å². The van der Waals surface area contributed by atoms with E-state index in [9.17, 15) is 10.2 Å². The van der Waals surface area contributed by atoms with E-state index < -0.39 is 0 Å². The first-order valence-corrected chi connectivity index (χ1v) is 6.83. The Hall–Kier alpha value is -3.22. The number of fused-ring (bicyclic) bond motifs is 3. The van der Waals surface area contributed by atoms with Crippen molar-refractivity contribution in [2.45, 2.75) is 6.17 Å². The number of rotatable bonds is 1. The van der Waals surface area contributed by atoms with Crippen LogP contribution in [0.15, 0.2) is 42.5 Å². The molecule has 7 N–H and O–H groups in total. The molecular weight excluding hydrogens is 282 g/mol. The van der Waals surface area contributed by atoms with E-state index in [0.29, 0.717) is 5.96 Å². The number of guanidine groups is 1. The number of phenolic OH excluding ortho intramolecular Hbond substituents is 2. The zero-order chi connectivity index (χ0) is 15.3. The van der Waals surface area contributed by atoms with Crippen LogP contribution in [0.4, 0.5) is 5.95 Å². The molecule has 0 spiro atoms. The van der Waals surface area contributed by atoms with Gasteiger partial charge in [0.15, 0.2) is 11.5 Å². The molecule has 0 fully saturated rings. The molecule has 1 aliphatic rings. The summed E-state index contributed by atoms with van der Waals surface area (Å²) in [6, 6.07) is 12.6. The number of H-pyrrole nitrogens is 1.